The highest BCUT2D eigenvalue weighted by Gasteiger charge is 2.20. The highest BCUT2D eigenvalue weighted by Crippen LogP contribution is 2.10. The predicted octanol–water partition coefficient (Wildman–Crippen LogP) is 0.391. The molecule has 0 bridgehead atoms. The second-order valence-electron chi connectivity index (χ2n) is 5.13. The van der Waals surface area contributed by atoms with Gasteiger partial charge in [-0.25, -0.2) is 4.63 Å². The Morgan fingerprint density at radius 2 is 2.20 bits per heavy atom. The standard InChI is InChI=1S/C13H20N4O3/c1-10-11(15-20-14-10)9-13(19)16(2)7-8-17-6-4-3-5-12(17)18/h3-9H2,1-2H3. The van der Waals surface area contributed by atoms with Gasteiger partial charge in [0, 0.05) is 33.1 Å². The van der Waals surface area contributed by atoms with Gasteiger partial charge in [-0.15, -0.1) is 0 Å². The average molecular weight is 280 g/mol. The summed E-state index contributed by atoms with van der Waals surface area (Å²) in [7, 11) is 1.74. The normalized spacial score (nSPS) is 15.5. The van der Waals surface area contributed by atoms with Gasteiger partial charge in [0.2, 0.25) is 11.8 Å². The fourth-order valence-corrected chi connectivity index (χ4v) is 2.18. The van der Waals surface area contributed by atoms with Crippen LogP contribution in [-0.2, 0) is 16.0 Å². The van der Waals surface area contributed by atoms with Crippen LogP contribution in [0.3, 0.4) is 0 Å². The first kappa shape index (κ1) is 14.5. The van der Waals surface area contributed by atoms with Crippen LogP contribution < -0.4 is 0 Å². The van der Waals surface area contributed by atoms with Gasteiger partial charge < -0.3 is 9.80 Å². The number of hydrogen-bond acceptors (Lipinski definition) is 5. The minimum Gasteiger partial charge on any atom is -0.344 e. The van der Waals surface area contributed by atoms with Gasteiger partial charge in [-0.3, -0.25) is 9.59 Å². The molecule has 1 aliphatic heterocycles. The van der Waals surface area contributed by atoms with Crippen LogP contribution in [0.15, 0.2) is 4.63 Å². The minimum atomic E-state index is -0.0479. The first-order valence-corrected chi connectivity index (χ1v) is 6.87. The van der Waals surface area contributed by atoms with E-state index in [1.54, 1.807) is 18.9 Å². The fraction of sp³-hybridized carbons (Fsp3) is 0.692. The molecule has 2 amide bonds. The van der Waals surface area contributed by atoms with Crippen molar-refractivity contribution in [2.24, 2.45) is 0 Å². The zero-order valence-electron chi connectivity index (χ0n) is 12.0. The molecule has 1 fully saturated rings. The van der Waals surface area contributed by atoms with Crippen molar-refractivity contribution < 1.29 is 14.2 Å². The van der Waals surface area contributed by atoms with Crippen LogP contribution in [-0.4, -0.2) is 58.6 Å². The van der Waals surface area contributed by atoms with Crippen molar-refractivity contribution in [3.8, 4) is 0 Å². The molecule has 110 valence electrons. The molecule has 2 heterocycles. The molecule has 2 rings (SSSR count). The molecule has 7 heteroatoms. The first-order chi connectivity index (χ1) is 9.58. The van der Waals surface area contributed by atoms with Crippen LogP contribution in [0.25, 0.3) is 0 Å². The Labute approximate surface area is 117 Å². The fourth-order valence-electron chi connectivity index (χ4n) is 2.18. The molecule has 1 saturated heterocycles. The van der Waals surface area contributed by atoms with E-state index in [4.69, 9.17) is 0 Å². The smallest absolute Gasteiger partial charge is 0.228 e. The lowest BCUT2D eigenvalue weighted by Gasteiger charge is -2.28. The van der Waals surface area contributed by atoms with E-state index in [0.717, 1.165) is 19.4 Å². The Hall–Kier alpha value is -1.92. The van der Waals surface area contributed by atoms with Crippen LogP contribution in [0.4, 0.5) is 0 Å². The molecule has 0 spiro atoms. The summed E-state index contributed by atoms with van der Waals surface area (Å²) < 4.78 is 4.57. The van der Waals surface area contributed by atoms with Crippen LogP contribution in [0.1, 0.15) is 30.7 Å². The van der Waals surface area contributed by atoms with Gasteiger partial charge in [-0.2, -0.15) is 0 Å². The molecule has 0 aromatic carbocycles. The molecular weight excluding hydrogens is 260 g/mol. The second kappa shape index (κ2) is 6.49. The topological polar surface area (TPSA) is 79.5 Å². The summed E-state index contributed by atoms with van der Waals surface area (Å²) in [5.41, 5.74) is 1.20. The predicted molar refractivity (Wildman–Crippen MR) is 70.8 cm³/mol. The minimum absolute atomic E-state index is 0.0479. The number of hydrogen-bond donors (Lipinski definition) is 0. The number of aromatic nitrogens is 2. The summed E-state index contributed by atoms with van der Waals surface area (Å²) in [5.74, 6) is 0.141. The average Bonchev–Trinajstić information content (AvgIpc) is 2.83. The SMILES string of the molecule is Cc1nonc1CC(=O)N(C)CCN1CCCCC1=O. The van der Waals surface area contributed by atoms with Gasteiger partial charge >= 0.3 is 0 Å². The zero-order chi connectivity index (χ0) is 14.5. The maximum atomic E-state index is 12.0. The Morgan fingerprint density at radius 1 is 1.40 bits per heavy atom. The second-order valence-corrected chi connectivity index (χ2v) is 5.13. The Balaban J connectivity index is 1.79. The van der Waals surface area contributed by atoms with E-state index in [-0.39, 0.29) is 18.2 Å². The lowest BCUT2D eigenvalue weighted by molar-refractivity contribution is -0.135. The summed E-state index contributed by atoms with van der Waals surface area (Å²) in [6.07, 6.45) is 2.83. The number of likely N-dealkylation sites (tertiary alicyclic amines) is 1. The maximum absolute atomic E-state index is 12.0. The number of likely N-dealkylation sites (N-methyl/N-ethyl adjacent to an activating group) is 1. The van der Waals surface area contributed by atoms with Crippen molar-refractivity contribution >= 4 is 11.8 Å². The van der Waals surface area contributed by atoms with E-state index in [9.17, 15) is 9.59 Å². The van der Waals surface area contributed by atoms with Gasteiger partial charge in [0.25, 0.3) is 0 Å². The van der Waals surface area contributed by atoms with E-state index in [1.165, 1.54) is 0 Å². The van der Waals surface area contributed by atoms with E-state index >= 15 is 0 Å². The molecule has 1 aromatic rings. The van der Waals surface area contributed by atoms with Gasteiger partial charge in [0.15, 0.2) is 0 Å². The first-order valence-electron chi connectivity index (χ1n) is 6.87. The molecule has 1 aromatic heterocycles. The Kier molecular flexibility index (Phi) is 4.70. The van der Waals surface area contributed by atoms with E-state index in [2.05, 4.69) is 14.9 Å². The van der Waals surface area contributed by atoms with Crippen molar-refractivity contribution in [2.75, 3.05) is 26.7 Å². The molecule has 7 nitrogen and oxygen atoms in total. The van der Waals surface area contributed by atoms with Crippen LogP contribution in [0, 0.1) is 6.92 Å². The van der Waals surface area contributed by atoms with Crippen LogP contribution in [0.2, 0.25) is 0 Å². The molecule has 20 heavy (non-hydrogen) atoms. The van der Waals surface area contributed by atoms with Crippen molar-refractivity contribution in [3.63, 3.8) is 0 Å². The number of carbonyl (C=O) groups is 2. The molecule has 0 aliphatic carbocycles. The Bertz CT molecular complexity index is 486. The summed E-state index contributed by atoms with van der Waals surface area (Å²) in [5, 5.41) is 7.35. The van der Waals surface area contributed by atoms with Crippen LogP contribution in [0.5, 0.6) is 0 Å². The summed E-state index contributed by atoms with van der Waals surface area (Å²) in [6, 6.07) is 0. The molecular formula is C13H20N4O3. The third kappa shape index (κ3) is 3.55. The van der Waals surface area contributed by atoms with E-state index in [0.29, 0.717) is 30.9 Å². The van der Waals surface area contributed by atoms with Crippen molar-refractivity contribution in [2.45, 2.75) is 32.6 Å². The highest BCUT2D eigenvalue weighted by molar-refractivity contribution is 5.78. The Morgan fingerprint density at radius 3 is 2.85 bits per heavy atom. The quantitative estimate of drug-likeness (QED) is 0.779. The number of amides is 2. The van der Waals surface area contributed by atoms with Gasteiger partial charge in [-0.1, -0.05) is 10.3 Å². The number of carbonyl (C=O) groups excluding carboxylic acids is 2. The number of rotatable bonds is 5. The number of aryl methyl sites for hydroxylation is 1. The summed E-state index contributed by atoms with van der Waals surface area (Å²) in [6.45, 7) is 3.69. The largest absolute Gasteiger partial charge is 0.344 e. The molecule has 0 saturated carbocycles. The van der Waals surface area contributed by atoms with Crippen molar-refractivity contribution in [1.82, 2.24) is 20.1 Å². The summed E-state index contributed by atoms with van der Waals surface area (Å²) in [4.78, 5) is 27.1. The van der Waals surface area contributed by atoms with E-state index in [1.807, 2.05) is 4.90 Å². The van der Waals surface area contributed by atoms with E-state index < -0.39 is 0 Å². The van der Waals surface area contributed by atoms with Gasteiger partial charge in [0.1, 0.15) is 11.4 Å². The van der Waals surface area contributed by atoms with Crippen molar-refractivity contribution in [3.05, 3.63) is 11.4 Å². The lowest BCUT2D eigenvalue weighted by Crippen LogP contribution is -2.42. The number of piperidine rings is 1. The third-order valence-corrected chi connectivity index (χ3v) is 3.62. The maximum Gasteiger partial charge on any atom is 0.228 e. The molecule has 0 atom stereocenters. The van der Waals surface area contributed by atoms with Gasteiger partial charge in [0.05, 0.1) is 6.42 Å². The third-order valence-electron chi connectivity index (χ3n) is 3.62. The molecule has 1 aliphatic rings. The van der Waals surface area contributed by atoms with Crippen LogP contribution >= 0.6 is 0 Å². The summed E-state index contributed by atoms with van der Waals surface area (Å²) >= 11 is 0. The number of nitrogens with zero attached hydrogens (tertiary/aromatic N) is 4. The van der Waals surface area contributed by atoms with Crippen molar-refractivity contribution in [1.29, 1.82) is 0 Å². The molecule has 0 radical (unpaired) electrons. The van der Waals surface area contributed by atoms with Gasteiger partial charge in [-0.05, 0) is 19.8 Å². The lowest BCUT2D eigenvalue weighted by atomic mass is 10.1. The molecule has 0 unspecified atom stereocenters. The highest BCUT2D eigenvalue weighted by atomic mass is 16.6. The monoisotopic (exact) mass is 280 g/mol. The zero-order valence-corrected chi connectivity index (χ0v) is 12.0. The molecule has 0 N–H and O–H groups in total.